The molecule has 0 aromatic heterocycles. The van der Waals surface area contributed by atoms with Crippen molar-refractivity contribution in [3.8, 4) is 0 Å². The minimum atomic E-state index is -0.299. The number of aliphatic hydroxyl groups is 1. The van der Waals surface area contributed by atoms with Crippen LogP contribution >= 0.6 is 0 Å². The molecule has 0 aliphatic carbocycles. The van der Waals surface area contributed by atoms with Crippen LogP contribution in [0, 0.1) is 0 Å². The summed E-state index contributed by atoms with van der Waals surface area (Å²) >= 11 is 0. The Hall–Kier alpha value is -1.42. The molecule has 0 radical (unpaired) electrons. The van der Waals surface area contributed by atoms with E-state index in [9.17, 15) is 5.11 Å². The first kappa shape index (κ1) is 13.6. The molecular weight excluding hydrogens is 248 g/mol. The zero-order valence-electron chi connectivity index (χ0n) is 12.0. The summed E-state index contributed by atoms with van der Waals surface area (Å²) in [6.45, 7) is 6.22. The molecule has 3 nitrogen and oxygen atoms in total. The number of hydrogen-bond acceptors (Lipinski definition) is 3. The number of rotatable bonds is 3. The molecule has 1 fully saturated rings. The van der Waals surface area contributed by atoms with Gasteiger partial charge in [-0.25, -0.2) is 0 Å². The van der Waals surface area contributed by atoms with Crippen LogP contribution in [0.15, 0.2) is 42.5 Å². The number of benzene rings is 2. The Balaban J connectivity index is 2.01. The highest BCUT2D eigenvalue weighted by Gasteiger charge is 2.33. The van der Waals surface area contributed by atoms with Crippen LogP contribution in [-0.4, -0.2) is 42.8 Å². The third-order valence-electron chi connectivity index (χ3n) is 4.49. The molecule has 1 saturated heterocycles. The van der Waals surface area contributed by atoms with Crippen molar-refractivity contribution in [2.45, 2.75) is 12.5 Å². The van der Waals surface area contributed by atoms with Gasteiger partial charge in [0.2, 0.25) is 0 Å². The molecule has 2 aromatic rings. The van der Waals surface area contributed by atoms with Crippen LogP contribution in [0.25, 0.3) is 10.8 Å². The fraction of sp³-hybridized carbons (Fsp3) is 0.412. The average molecular weight is 270 g/mol. The first-order valence-electron chi connectivity index (χ1n) is 7.30. The summed E-state index contributed by atoms with van der Waals surface area (Å²) in [5.74, 6) is 0. The quantitative estimate of drug-likeness (QED) is 0.895. The van der Waals surface area contributed by atoms with Crippen molar-refractivity contribution in [3.05, 3.63) is 48.0 Å². The smallest absolute Gasteiger partial charge is 0.0666 e. The molecule has 1 aliphatic heterocycles. The Morgan fingerprint density at radius 1 is 1.10 bits per heavy atom. The van der Waals surface area contributed by atoms with Gasteiger partial charge in [0.1, 0.15) is 0 Å². The van der Waals surface area contributed by atoms with E-state index in [1.54, 1.807) is 0 Å². The number of hydrogen-bond donors (Lipinski definition) is 2. The Morgan fingerprint density at radius 2 is 1.80 bits per heavy atom. The summed E-state index contributed by atoms with van der Waals surface area (Å²) in [6, 6.07) is 14.9. The van der Waals surface area contributed by atoms with E-state index in [-0.39, 0.29) is 12.1 Å². The lowest BCUT2D eigenvalue weighted by atomic mass is 9.88. The van der Waals surface area contributed by atoms with E-state index >= 15 is 0 Å². The van der Waals surface area contributed by atoms with Crippen LogP contribution in [0.3, 0.4) is 0 Å². The van der Waals surface area contributed by atoms with Crippen LogP contribution in [0.4, 0.5) is 0 Å². The molecule has 0 bridgehead atoms. The van der Waals surface area contributed by atoms with Crippen molar-refractivity contribution < 1.29 is 5.11 Å². The van der Waals surface area contributed by atoms with Gasteiger partial charge in [-0.05, 0) is 29.3 Å². The van der Waals surface area contributed by atoms with Crippen LogP contribution in [-0.2, 0) is 5.54 Å². The van der Waals surface area contributed by atoms with Crippen molar-refractivity contribution in [3.63, 3.8) is 0 Å². The van der Waals surface area contributed by atoms with E-state index < -0.39 is 0 Å². The Labute approximate surface area is 120 Å². The highest BCUT2D eigenvalue weighted by atomic mass is 16.3. The largest absolute Gasteiger partial charge is 0.394 e. The van der Waals surface area contributed by atoms with E-state index in [0.29, 0.717) is 0 Å². The second kappa shape index (κ2) is 5.52. The van der Waals surface area contributed by atoms with Gasteiger partial charge in [-0.15, -0.1) is 0 Å². The molecule has 0 saturated carbocycles. The number of piperazine rings is 1. The third kappa shape index (κ3) is 2.33. The van der Waals surface area contributed by atoms with Gasteiger partial charge in [0.05, 0.1) is 12.1 Å². The van der Waals surface area contributed by atoms with Crippen LogP contribution in [0.1, 0.15) is 12.5 Å². The van der Waals surface area contributed by atoms with Crippen molar-refractivity contribution in [1.29, 1.82) is 0 Å². The van der Waals surface area contributed by atoms with Gasteiger partial charge in [-0.1, -0.05) is 36.4 Å². The molecule has 20 heavy (non-hydrogen) atoms. The van der Waals surface area contributed by atoms with Gasteiger partial charge in [0.15, 0.2) is 0 Å². The van der Waals surface area contributed by atoms with E-state index in [1.807, 2.05) is 0 Å². The zero-order valence-corrected chi connectivity index (χ0v) is 12.0. The van der Waals surface area contributed by atoms with Gasteiger partial charge < -0.3 is 10.4 Å². The number of nitrogens with zero attached hydrogens (tertiary/aromatic N) is 1. The summed E-state index contributed by atoms with van der Waals surface area (Å²) in [7, 11) is 0. The molecular formula is C17H22N2O. The second-order valence-corrected chi connectivity index (χ2v) is 5.73. The van der Waals surface area contributed by atoms with Crippen LogP contribution in [0.2, 0.25) is 0 Å². The molecule has 2 aromatic carbocycles. The van der Waals surface area contributed by atoms with E-state index in [1.165, 1.54) is 16.3 Å². The highest BCUT2D eigenvalue weighted by molar-refractivity contribution is 5.83. The van der Waals surface area contributed by atoms with Gasteiger partial charge in [0, 0.05) is 26.2 Å². The topological polar surface area (TPSA) is 35.5 Å². The fourth-order valence-corrected chi connectivity index (χ4v) is 3.06. The van der Waals surface area contributed by atoms with Crippen molar-refractivity contribution in [2.24, 2.45) is 0 Å². The third-order valence-corrected chi connectivity index (χ3v) is 4.49. The minimum absolute atomic E-state index is 0.144. The lowest BCUT2D eigenvalue weighted by Gasteiger charge is -2.43. The molecule has 1 atom stereocenters. The first-order valence-corrected chi connectivity index (χ1v) is 7.30. The van der Waals surface area contributed by atoms with Crippen molar-refractivity contribution in [1.82, 2.24) is 10.2 Å². The van der Waals surface area contributed by atoms with E-state index in [4.69, 9.17) is 0 Å². The first-order chi connectivity index (χ1) is 9.74. The lowest BCUT2D eigenvalue weighted by Crippen LogP contribution is -2.54. The maximum Gasteiger partial charge on any atom is 0.0666 e. The maximum absolute atomic E-state index is 10.0. The molecule has 3 rings (SSSR count). The molecule has 1 aliphatic rings. The van der Waals surface area contributed by atoms with Gasteiger partial charge in [-0.3, -0.25) is 4.90 Å². The fourth-order valence-electron chi connectivity index (χ4n) is 3.06. The SMILES string of the molecule is CC(CO)(c1ccc2ccccc2c1)N1CCNCC1. The van der Waals surface area contributed by atoms with Crippen LogP contribution in [0.5, 0.6) is 0 Å². The Bertz CT molecular complexity index is 592. The van der Waals surface area contributed by atoms with E-state index in [2.05, 4.69) is 59.6 Å². The summed E-state index contributed by atoms with van der Waals surface area (Å²) in [4.78, 5) is 2.38. The predicted octanol–water partition coefficient (Wildman–Crippen LogP) is 1.95. The minimum Gasteiger partial charge on any atom is -0.394 e. The molecule has 3 heteroatoms. The number of aliphatic hydroxyl groups excluding tert-OH is 1. The van der Waals surface area contributed by atoms with Gasteiger partial charge in [-0.2, -0.15) is 0 Å². The Morgan fingerprint density at radius 3 is 2.50 bits per heavy atom. The lowest BCUT2D eigenvalue weighted by molar-refractivity contribution is 0.0312. The molecule has 106 valence electrons. The average Bonchev–Trinajstić information content (AvgIpc) is 2.54. The molecule has 0 spiro atoms. The van der Waals surface area contributed by atoms with Gasteiger partial charge in [0.25, 0.3) is 0 Å². The molecule has 1 heterocycles. The normalized spacial score (nSPS) is 19.9. The number of fused-ring (bicyclic) bond motifs is 1. The second-order valence-electron chi connectivity index (χ2n) is 5.73. The predicted molar refractivity (Wildman–Crippen MR) is 82.8 cm³/mol. The monoisotopic (exact) mass is 270 g/mol. The number of nitrogens with one attached hydrogen (secondary N) is 1. The summed E-state index contributed by atoms with van der Waals surface area (Å²) in [5, 5.41) is 15.9. The van der Waals surface area contributed by atoms with Gasteiger partial charge >= 0.3 is 0 Å². The summed E-state index contributed by atoms with van der Waals surface area (Å²) in [6.07, 6.45) is 0. The molecule has 1 unspecified atom stereocenters. The standard InChI is InChI=1S/C17H22N2O/c1-17(13-20,19-10-8-18-9-11-19)16-7-6-14-4-2-3-5-15(14)12-16/h2-7,12,18,20H,8-11,13H2,1H3. The molecule has 0 amide bonds. The highest BCUT2D eigenvalue weighted by Crippen LogP contribution is 2.30. The molecule has 2 N–H and O–H groups in total. The van der Waals surface area contributed by atoms with Crippen molar-refractivity contribution >= 4 is 10.8 Å². The van der Waals surface area contributed by atoms with Crippen LogP contribution < -0.4 is 5.32 Å². The maximum atomic E-state index is 10.0. The van der Waals surface area contributed by atoms with E-state index in [0.717, 1.165) is 26.2 Å². The van der Waals surface area contributed by atoms with Crippen molar-refractivity contribution in [2.75, 3.05) is 32.8 Å². The zero-order chi connectivity index (χ0) is 14.0. The Kier molecular flexibility index (Phi) is 3.74. The summed E-state index contributed by atoms with van der Waals surface area (Å²) < 4.78 is 0. The summed E-state index contributed by atoms with van der Waals surface area (Å²) in [5.41, 5.74) is 0.896.